The highest BCUT2D eigenvalue weighted by molar-refractivity contribution is 7.99. The SMILES string of the molecule is Cc1ccc(Sc2ccc(C=C(C#N)c3ccccc3Cl)o2)cc1. The van der Waals surface area contributed by atoms with Crippen LogP contribution in [0.2, 0.25) is 5.02 Å². The first kappa shape index (κ1) is 16.4. The molecular weight excluding hydrogens is 338 g/mol. The number of rotatable bonds is 4. The zero-order valence-electron chi connectivity index (χ0n) is 13.0. The summed E-state index contributed by atoms with van der Waals surface area (Å²) in [5.74, 6) is 0.626. The first-order valence-corrected chi connectivity index (χ1v) is 8.56. The minimum atomic E-state index is 0.474. The van der Waals surface area contributed by atoms with Crippen LogP contribution in [0.25, 0.3) is 11.6 Å². The quantitative estimate of drug-likeness (QED) is 0.506. The van der Waals surface area contributed by atoms with E-state index in [1.165, 1.54) is 5.56 Å². The second kappa shape index (κ2) is 7.44. The zero-order valence-corrected chi connectivity index (χ0v) is 14.6. The predicted octanol–water partition coefficient (Wildman–Crippen LogP) is 6.46. The maximum absolute atomic E-state index is 9.41. The molecule has 0 aliphatic heterocycles. The van der Waals surface area contributed by atoms with Crippen LogP contribution in [-0.2, 0) is 0 Å². The van der Waals surface area contributed by atoms with E-state index in [1.807, 2.05) is 30.3 Å². The lowest BCUT2D eigenvalue weighted by atomic mass is 10.1. The third-order valence-corrected chi connectivity index (χ3v) is 4.67. The normalized spacial score (nSPS) is 11.3. The third kappa shape index (κ3) is 3.91. The van der Waals surface area contributed by atoms with E-state index in [0.717, 1.165) is 9.99 Å². The Labute approximate surface area is 150 Å². The zero-order chi connectivity index (χ0) is 16.9. The molecular formula is C20H14ClNOS. The van der Waals surface area contributed by atoms with Crippen molar-refractivity contribution in [1.29, 1.82) is 5.26 Å². The summed E-state index contributed by atoms with van der Waals surface area (Å²) in [6.07, 6.45) is 1.71. The molecule has 0 saturated heterocycles. The predicted molar refractivity (Wildman–Crippen MR) is 98.9 cm³/mol. The van der Waals surface area contributed by atoms with Crippen molar-refractivity contribution in [3.8, 4) is 6.07 Å². The molecule has 0 spiro atoms. The van der Waals surface area contributed by atoms with Gasteiger partial charge in [0.05, 0.1) is 11.6 Å². The van der Waals surface area contributed by atoms with Gasteiger partial charge in [-0.1, -0.05) is 59.3 Å². The summed E-state index contributed by atoms with van der Waals surface area (Å²) < 4.78 is 5.80. The highest BCUT2D eigenvalue weighted by Crippen LogP contribution is 2.31. The van der Waals surface area contributed by atoms with E-state index in [0.29, 0.717) is 21.9 Å². The molecule has 0 amide bonds. The minimum absolute atomic E-state index is 0.474. The molecule has 0 saturated carbocycles. The second-order valence-electron chi connectivity index (χ2n) is 5.22. The molecule has 0 aliphatic carbocycles. The highest BCUT2D eigenvalue weighted by Gasteiger charge is 2.08. The molecule has 2 nitrogen and oxygen atoms in total. The lowest BCUT2D eigenvalue weighted by Gasteiger charge is -2.01. The second-order valence-corrected chi connectivity index (χ2v) is 6.71. The van der Waals surface area contributed by atoms with Crippen molar-refractivity contribution in [2.75, 3.05) is 0 Å². The standard InChI is InChI=1S/C20H14ClNOS/c1-14-6-9-17(10-7-14)24-20-11-8-16(23-20)12-15(13-22)18-4-2-3-5-19(18)21/h2-12H,1H3. The topological polar surface area (TPSA) is 36.9 Å². The fourth-order valence-corrected chi connectivity index (χ4v) is 3.20. The average Bonchev–Trinajstić information content (AvgIpc) is 3.03. The van der Waals surface area contributed by atoms with Crippen molar-refractivity contribution in [2.45, 2.75) is 16.9 Å². The number of benzene rings is 2. The smallest absolute Gasteiger partial charge is 0.165 e. The average molecular weight is 352 g/mol. The molecule has 118 valence electrons. The molecule has 0 bridgehead atoms. The maximum Gasteiger partial charge on any atom is 0.165 e. The van der Waals surface area contributed by atoms with E-state index >= 15 is 0 Å². The van der Waals surface area contributed by atoms with E-state index in [-0.39, 0.29) is 0 Å². The van der Waals surface area contributed by atoms with E-state index in [1.54, 1.807) is 23.9 Å². The molecule has 0 atom stereocenters. The third-order valence-electron chi connectivity index (χ3n) is 3.41. The van der Waals surface area contributed by atoms with E-state index in [9.17, 15) is 5.26 Å². The summed E-state index contributed by atoms with van der Waals surface area (Å²) in [6.45, 7) is 2.06. The van der Waals surface area contributed by atoms with Gasteiger partial charge in [0.15, 0.2) is 5.09 Å². The van der Waals surface area contributed by atoms with Crippen LogP contribution in [0.15, 0.2) is 75.1 Å². The van der Waals surface area contributed by atoms with Gasteiger partial charge in [0.25, 0.3) is 0 Å². The van der Waals surface area contributed by atoms with Crippen LogP contribution in [0.5, 0.6) is 0 Å². The molecule has 1 heterocycles. The fraction of sp³-hybridized carbons (Fsp3) is 0.0500. The number of furan rings is 1. The van der Waals surface area contributed by atoms with Crippen molar-refractivity contribution in [1.82, 2.24) is 0 Å². The van der Waals surface area contributed by atoms with Crippen molar-refractivity contribution in [2.24, 2.45) is 0 Å². The molecule has 3 rings (SSSR count). The van der Waals surface area contributed by atoms with E-state index in [2.05, 4.69) is 37.3 Å². The Bertz CT molecular complexity index is 919. The molecule has 0 aliphatic rings. The van der Waals surface area contributed by atoms with Gasteiger partial charge >= 0.3 is 0 Å². The Morgan fingerprint density at radius 3 is 2.54 bits per heavy atom. The Morgan fingerprint density at radius 1 is 1.08 bits per heavy atom. The van der Waals surface area contributed by atoms with Gasteiger partial charge in [-0.15, -0.1) is 0 Å². The van der Waals surface area contributed by atoms with Crippen molar-refractivity contribution >= 4 is 35.0 Å². The van der Waals surface area contributed by atoms with Crippen molar-refractivity contribution < 1.29 is 4.42 Å². The molecule has 4 heteroatoms. The summed E-state index contributed by atoms with van der Waals surface area (Å²) in [6, 6.07) is 21.5. The number of nitrogens with zero attached hydrogens (tertiary/aromatic N) is 1. The van der Waals surface area contributed by atoms with Gasteiger partial charge in [-0.3, -0.25) is 0 Å². The Kier molecular flexibility index (Phi) is 5.10. The summed E-state index contributed by atoms with van der Waals surface area (Å²) in [7, 11) is 0. The highest BCUT2D eigenvalue weighted by atomic mass is 35.5. The van der Waals surface area contributed by atoms with Gasteiger partial charge in [-0.05, 0) is 43.3 Å². The summed E-state index contributed by atoms with van der Waals surface area (Å²) in [5.41, 5.74) is 2.40. The van der Waals surface area contributed by atoms with E-state index in [4.69, 9.17) is 16.0 Å². The molecule has 2 aromatic carbocycles. The Hall–Kier alpha value is -2.41. The number of hydrogen-bond donors (Lipinski definition) is 0. The minimum Gasteiger partial charge on any atom is -0.450 e. The Balaban J connectivity index is 1.83. The number of allylic oxidation sites excluding steroid dienone is 1. The van der Waals surface area contributed by atoms with Crippen LogP contribution in [0.3, 0.4) is 0 Å². The first-order chi connectivity index (χ1) is 11.7. The largest absolute Gasteiger partial charge is 0.450 e. The summed E-state index contributed by atoms with van der Waals surface area (Å²) in [4.78, 5) is 1.11. The Morgan fingerprint density at radius 2 is 1.83 bits per heavy atom. The summed E-state index contributed by atoms with van der Waals surface area (Å²) in [5, 5.41) is 10.7. The van der Waals surface area contributed by atoms with Crippen molar-refractivity contribution in [3.63, 3.8) is 0 Å². The summed E-state index contributed by atoms with van der Waals surface area (Å²) >= 11 is 7.71. The molecule has 24 heavy (non-hydrogen) atoms. The lowest BCUT2D eigenvalue weighted by molar-refractivity contribution is 0.466. The van der Waals surface area contributed by atoms with Gasteiger partial charge in [-0.2, -0.15) is 5.26 Å². The van der Waals surface area contributed by atoms with Crippen molar-refractivity contribution in [3.05, 3.63) is 82.6 Å². The van der Waals surface area contributed by atoms with Crippen LogP contribution in [0.1, 0.15) is 16.9 Å². The maximum atomic E-state index is 9.41. The van der Waals surface area contributed by atoms with E-state index < -0.39 is 0 Å². The number of halogens is 1. The molecule has 0 unspecified atom stereocenters. The van der Waals surface area contributed by atoms with Crippen LogP contribution in [0.4, 0.5) is 0 Å². The molecule has 3 aromatic rings. The molecule has 0 N–H and O–H groups in total. The van der Waals surface area contributed by atoms with Crippen LogP contribution < -0.4 is 0 Å². The van der Waals surface area contributed by atoms with Gasteiger partial charge < -0.3 is 4.42 Å². The van der Waals surface area contributed by atoms with Crippen LogP contribution >= 0.6 is 23.4 Å². The molecule has 0 fully saturated rings. The number of hydrogen-bond acceptors (Lipinski definition) is 3. The number of aryl methyl sites for hydroxylation is 1. The van der Waals surface area contributed by atoms with Crippen LogP contribution in [-0.4, -0.2) is 0 Å². The van der Waals surface area contributed by atoms with Gasteiger partial charge in [-0.25, -0.2) is 0 Å². The van der Waals surface area contributed by atoms with Gasteiger partial charge in [0, 0.05) is 15.5 Å². The number of nitriles is 1. The van der Waals surface area contributed by atoms with Gasteiger partial charge in [0.1, 0.15) is 5.76 Å². The van der Waals surface area contributed by atoms with Gasteiger partial charge in [0.2, 0.25) is 0 Å². The fourth-order valence-electron chi connectivity index (χ4n) is 2.18. The monoisotopic (exact) mass is 351 g/mol. The lowest BCUT2D eigenvalue weighted by Crippen LogP contribution is -1.82. The first-order valence-electron chi connectivity index (χ1n) is 7.37. The van der Waals surface area contributed by atoms with Crippen LogP contribution in [0, 0.1) is 18.3 Å². The molecule has 1 aromatic heterocycles. The molecule has 0 radical (unpaired) electrons.